The number of hydrogen-bond acceptors (Lipinski definition) is 4. The van der Waals surface area contributed by atoms with Gasteiger partial charge in [0.05, 0.1) is 5.71 Å². The van der Waals surface area contributed by atoms with Crippen LogP contribution >= 0.6 is 0 Å². The Labute approximate surface area is 98.7 Å². The highest BCUT2D eigenvalue weighted by Crippen LogP contribution is 2.41. The minimum absolute atomic E-state index is 0.691. The SMILES string of the molecule is N/N=C1/c2cc(N)ccc2-c2c(N)cccc21. The van der Waals surface area contributed by atoms with Crippen LogP contribution in [0.25, 0.3) is 11.1 Å². The van der Waals surface area contributed by atoms with Gasteiger partial charge >= 0.3 is 0 Å². The van der Waals surface area contributed by atoms with Crippen molar-refractivity contribution in [2.24, 2.45) is 10.9 Å². The van der Waals surface area contributed by atoms with Crippen LogP contribution in [0.1, 0.15) is 11.1 Å². The molecule has 3 rings (SSSR count). The third kappa shape index (κ3) is 1.21. The summed E-state index contributed by atoms with van der Waals surface area (Å²) in [7, 11) is 0. The molecule has 0 amide bonds. The number of hydrazone groups is 1. The van der Waals surface area contributed by atoms with E-state index in [9.17, 15) is 0 Å². The number of nitrogen functional groups attached to an aromatic ring is 2. The van der Waals surface area contributed by atoms with Crippen LogP contribution in [-0.2, 0) is 0 Å². The van der Waals surface area contributed by atoms with E-state index in [0.29, 0.717) is 5.69 Å². The van der Waals surface area contributed by atoms with Crippen LogP contribution in [0.3, 0.4) is 0 Å². The van der Waals surface area contributed by atoms with Gasteiger partial charge in [-0.3, -0.25) is 0 Å². The number of hydrogen-bond donors (Lipinski definition) is 3. The number of rotatable bonds is 0. The molecule has 84 valence electrons. The summed E-state index contributed by atoms with van der Waals surface area (Å²) < 4.78 is 0. The van der Waals surface area contributed by atoms with Crippen LogP contribution < -0.4 is 17.3 Å². The normalized spacial score (nSPS) is 14.7. The predicted molar refractivity (Wildman–Crippen MR) is 70.5 cm³/mol. The average molecular weight is 224 g/mol. The molecule has 1 aliphatic rings. The molecule has 2 aromatic carbocycles. The van der Waals surface area contributed by atoms with E-state index in [2.05, 4.69) is 5.10 Å². The minimum atomic E-state index is 0.691. The van der Waals surface area contributed by atoms with Gasteiger partial charge in [-0.15, -0.1) is 0 Å². The van der Waals surface area contributed by atoms with E-state index in [1.807, 2.05) is 36.4 Å². The van der Waals surface area contributed by atoms with E-state index in [1.54, 1.807) is 0 Å². The second-order valence-corrected chi connectivity index (χ2v) is 4.05. The van der Waals surface area contributed by atoms with Crippen LogP contribution in [-0.4, -0.2) is 5.71 Å². The molecule has 0 saturated carbocycles. The summed E-state index contributed by atoms with van der Waals surface area (Å²) in [6.07, 6.45) is 0. The summed E-state index contributed by atoms with van der Waals surface area (Å²) in [5, 5.41) is 3.86. The van der Waals surface area contributed by atoms with Gasteiger partial charge in [-0.05, 0) is 23.8 Å². The van der Waals surface area contributed by atoms with Crippen molar-refractivity contribution < 1.29 is 0 Å². The van der Waals surface area contributed by atoms with Crippen LogP contribution in [0.15, 0.2) is 41.5 Å². The fourth-order valence-corrected chi connectivity index (χ4v) is 2.33. The van der Waals surface area contributed by atoms with Crippen molar-refractivity contribution in [3.05, 3.63) is 47.5 Å². The molecule has 0 aromatic heterocycles. The molecule has 0 atom stereocenters. The predicted octanol–water partition coefficient (Wildman–Crippen LogP) is 1.54. The smallest absolute Gasteiger partial charge is 0.0985 e. The highest BCUT2D eigenvalue weighted by molar-refractivity contribution is 6.26. The molecular formula is C13H12N4. The molecule has 0 heterocycles. The Bertz CT molecular complexity index is 644. The molecule has 0 aliphatic heterocycles. The second-order valence-electron chi connectivity index (χ2n) is 4.05. The lowest BCUT2D eigenvalue weighted by Gasteiger charge is -2.03. The van der Waals surface area contributed by atoms with E-state index in [-0.39, 0.29) is 0 Å². The zero-order valence-corrected chi connectivity index (χ0v) is 9.14. The Morgan fingerprint density at radius 1 is 0.882 bits per heavy atom. The first-order chi connectivity index (χ1) is 8.22. The maximum atomic E-state index is 6.01. The zero-order valence-electron chi connectivity index (χ0n) is 9.14. The number of nitrogens with two attached hydrogens (primary N) is 3. The lowest BCUT2D eigenvalue weighted by Crippen LogP contribution is -2.02. The summed E-state index contributed by atoms with van der Waals surface area (Å²) in [6, 6.07) is 11.4. The quantitative estimate of drug-likeness (QED) is 0.307. The molecule has 17 heavy (non-hydrogen) atoms. The first-order valence-corrected chi connectivity index (χ1v) is 5.29. The average Bonchev–Trinajstić information content (AvgIpc) is 2.63. The fraction of sp³-hybridized carbons (Fsp3) is 0. The van der Waals surface area contributed by atoms with Crippen molar-refractivity contribution in [3.63, 3.8) is 0 Å². The number of fused-ring (bicyclic) bond motifs is 3. The van der Waals surface area contributed by atoms with E-state index in [4.69, 9.17) is 17.3 Å². The monoisotopic (exact) mass is 224 g/mol. The van der Waals surface area contributed by atoms with Crippen LogP contribution in [0.5, 0.6) is 0 Å². The summed E-state index contributed by atoms with van der Waals surface area (Å²) in [4.78, 5) is 0. The summed E-state index contributed by atoms with van der Waals surface area (Å²) in [5.41, 5.74) is 17.9. The summed E-state index contributed by atoms with van der Waals surface area (Å²) >= 11 is 0. The Morgan fingerprint density at radius 2 is 1.71 bits per heavy atom. The molecule has 1 aliphatic carbocycles. The standard InChI is InChI=1S/C13H12N4/c14-7-4-5-8-10(6-7)13(17-16)9-2-1-3-11(15)12(8)9/h1-6H,14-16H2/b17-13+. The maximum Gasteiger partial charge on any atom is 0.0985 e. The molecular weight excluding hydrogens is 212 g/mol. The van der Waals surface area contributed by atoms with Gasteiger partial charge in [-0.1, -0.05) is 18.2 Å². The van der Waals surface area contributed by atoms with Crippen molar-refractivity contribution in [2.75, 3.05) is 11.5 Å². The van der Waals surface area contributed by atoms with Gasteiger partial charge in [0.1, 0.15) is 0 Å². The van der Waals surface area contributed by atoms with Gasteiger partial charge in [-0.25, -0.2) is 0 Å². The van der Waals surface area contributed by atoms with Crippen LogP contribution in [0.4, 0.5) is 11.4 Å². The van der Waals surface area contributed by atoms with Crippen molar-refractivity contribution in [3.8, 4) is 11.1 Å². The van der Waals surface area contributed by atoms with Gasteiger partial charge in [-0.2, -0.15) is 5.10 Å². The Hall–Kier alpha value is -2.49. The topological polar surface area (TPSA) is 90.4 Å². The third-order valence-corrected chi connectivity index (χ3v) is 3.05. The van der Waals surface area contributed by atoms with Crippen molar-refractivity contribution >= 4 is 17.1 Å². The number of benzene rings is 2. The van der Waals surface area contributed by atoms with Crippen molar-refractivity contribution in [1.29, 1.82) is 0 Å². The van der Waals surface area contributed by atoms with Crippen molar-refractivity contribution in [2.45, 2.75) is 0 Å². The molecule has 0 saturated heterocycles. The molecule has 0 spiro atoms. The highest BCUT2D eigenvalue weighted by Gasteiger charge is 2.26. The van der Waals surface area contributed by atoms with E-state index < -0.39 is 0 Å². The second kappa shape index (κ2) is 3.25. The Balaban J connectivity index is 2.42. The summed E-state index contributed by atoms with van der Waals surface area (Å²) in [6.45, 7) is 0. The Kier molecular flexibility index (Phi) is 1.86. The van der Waals surface area contributed by atoms with Crippen molar-refractivity contribution in [1.82, 2.24) is 0 Å². The molecule has 4 nitrogen and oxygen atoms in total. The number of anilines is 2. The molecule has 0 radical (unpaired) electrons. The maximum absolute atomic E-state index is 6.01. The Morgan fingerprint density at radius 3 is 2.47 bits per heavy atom. The van der Waals surface area contributed by atoms with Gasteiger partial charge < -0.3 is 17.3 Å². The summed E-state index contributed by atoms with van der Waals surface area (Å²) in [5.74, 6) is 5.47. The lowest BCUT2D eigenvalue weighted by molar-refractivity contribution is 1.25. The number of nitrogens with zero attached hydrogens (tertiary/aromatic N) is 1. The van der Waals surface area contributed by atoms with E-state index >= 15 is 0 Å². The van der Waals surface area contributed by atoms with Gasteiger partial charge in [0.2, 0.25) is 0 Å². The highest BCUT2D eigenvalue weighted by atomic mass is 15.1. The zero-order chi connectivity index (χ0) is 12.0. The minimum Gasteiger partial charge on any atom is -0.399 e. The fourth-order valence-electron chi connectivity index (χ4n) is 2.33. The van der Waals surface area contributed by atoms with Gasteiger partial charge in [0.25, 0.3) is 0 Å². The first kappa shape index (κ1) is 9.72. The van der Waals surface area contributed by atoms with E-state index in [0.717, 1.165) is 33.7 Å². The molecule has 0 unspecified atom stereocenters. The molecule has 6 N–H and O–H groups in total. The largest absolute Gasteiger partial charge is 0.399 e. The molecule has 0 bridgehead atoms. The first-order valence-electron chi connectivity index (χ1n) is 5.29. The van der Waals surface area contributed by atoms with Gasteiger partial charge in [0.15, 0.2) is 0 Å². The third-order valence-electron chi connectivity index (χ3n) is 3.05. The molecule has 0 fully saturated rings. The molecule has 4 heteroatoms. The van der Waals surface area contributed by atoms with E-state index in [1.165, 1.54) is 0 Å². The van der Waals surface area contributed by atoms with Crippen LogP contribution in [0.2, 0.25) is 0 Å². The molecule has 2 aromatic rings. The van der Waals surface area contributed by atoms with Gasteiger partial charge in [0, 0.05) is 28.1 Å². The van der Waals surface area contributed by atoms with Crippen LogP contribution in [0, 0.1) is 0 Å². The lowest BCUT2D eigenvalue weighted by atomic mass is 10.0.